The summed E-state index contributed by atoms with van der Waals surface area (Å²) < 4.78 is 31.2. The third-order valence-electron chi connectivity index (χ3n) is 2.89. The number of aromatic amines is 2. The lowest BCUT2D eigenvalue weighted by Crippen LogP contribution is -2.30. The van der Waals surface area contributed by atoms with Crippen LogP contribution in [0.2, 0.25) is 0 Å². The summed E-state index contributed by atoms with van der Waals surface area (Å²) in [5.41, 5.74) is -2.84. The maximum Gasteiger partial charge on any atom is 0.314 e. The van der Waals surface area contributed by atoms with Gasteiger partial charge < -0.3 is 14.7 Å². The molecule has 0 radical (unpaired) electrons. The van der Waals surface area contributed by atoms with Gasteiger partial charge in [-0.1, -0.05) is 0 Å². The Labute approximate surface area is 128 Å². The van der Waals surface area contributed by atoms with Gasteiger partial charge in [-0.2, -0.15) is 0 Å². The molecule has 0 fully saturated rings. The number of nitrogens with one attached hydrogen (secondary N) is 3. The molecule has 2 aromatic rings. The highest BCUT2D eigenvalue weighted by molar-refractivity contribution is 7.89. The van der Waals surface area contributed by atoms with E-state index in [-0.39, 0.29) is 24.2 Å². The Morgan fingerprint density at radius 3 is 2.30 bits per heavy atom. The zero-order chi connectivity index (χ0) is 17.2. The number of benzene rings is 1. The molecule has 12 heteroatoms. The summed E-state index contributed by atoms with van der Waals surface area (Å²) in [5, 5.41) is 11.1. The first kappa shape index (κ1) is 16.8. The molecule has 0 saturated heterocycles. The van der Waals surface area contributed by atoms with Crippen LogP contribution < -0.4 is 15.8 Å². The van der Waals surface area contributed by atoms with Crippen molar-refractivity contribution < 1.29 is 18.1 Å². The van der Waals surface area contributed by atoms with Crippen LogP contribution in [0.25, 0.3) is 11.0 Å². The smallest absolute Gasteiger partial charge is 0.314 e. The highest BCUT2D eigenvalue weighted by Crippen LogP contribution is 2.26. The van der Waals surface area contributed by atoms with Gasteiger partial charge in [0, 0.05) is 19.7 Å². The fourth-order valence-electron chi connectivity index (χ4n) is 1.85. The van der Waals surface area contributed by atoms with Crippen LogP contribution >= 0.6 is 0 Å². The summed E-state index contributed by atoms with van der Waals surface area (Å²) in [6.45, 7) is -0.0130. The van der Waals surface area contributed by atoms with E-state index in [0.717, 1.165) is 12.1 Å². The Kier molecular flexibility index (Phi) is 4.58. The fraction of sp³-hybridized carbons (Fsp3) is 0.273. The maximum atomic E-state index is 12.2. The van der Waals surface area contributed by atoms with Crippen LogP contribution in [0.3, 0.4) is 0 Å². The summed E-state index contributed by atoms with van der Waals surface area (Å²) in [4.78, 5) is 36.5. The predicted octanol–water partition coefficient (Wildman–Crippen LogP) is -0.951. The lowest BCUT2D eigenvalue weighted by atomic mass is 10.2. The van der Waals surface area contributed by atoms with Gasteiger partial charge in [0.25, 0.3) is 5.69 Å². The molecule has 0 spiro atoms. The number of H-pyrrole nitrogens is 2. The number of rotatable bonds is 6. The number of hydrogen-bond acceptors (Lipinski definition) is 7. The number of hydrogen-bond donors (Lipinski definition) is 3. The molecule has 0 aliphatic rings. The van der Waals surface area contributed by atoms with Crippen molar-refractivity contribution in [3.8, 4) is 0 Å². The average Bonchev–Trinajstić information content (AvgIpc) is 2.47. The van der Waals surface area contributed by atoms with Crippen LogP contribution in [-0.4, -0.2) is 43.6 Å². The monoisotopic (exact) mass is 344 g/mol. The Balaban J connectivity index is 2.68. The molecule has 1 aromatic carbocycles. The highest BCUT2D eigenvalue weighted by atomic mass is 32.2. The van der Waals surface area contributed by atoms with E-state index in [1.807, 2.05) is 0 Å². The van der Waals surface area contributed by atoms with Gasteiger partial charge in [-0.15, -0.1) is 0 Å². The zero-order valence-electron chi connectivity index (χ0n) is 11.8. The lowest BCUT2D eigenvalue weighted by Gasteiger charge is -2.08. The number of sulfonamides is 1. The highest BCUT2D eigenvalue weighted by Gasteiger charge is 2.27. The normalized spacial score (nSPS) is 11.7. The molecule has 23 heavy (non-hydrogen) atoms. The van der Waals surface area contributed by atoms with E-state index in [9.17, 15) is 28.1 Å². The van der Waals surface area contributed by atoms with Crippen molar-refractivity contribution in [1.29, 1.82) is 0 Å². The minimum atomic E-state index is -4.21. The van der Waals surface area contributed by atoms with Crippen LogP contribution in [-0.2, 0) is 14.8 Å². The van der Waals surface area contributed by atoms with Gasteiger partial charge in [0.05, 0.1) is 22.6 Å². The minimum absolute atomic E-state index is 0.0488. The Bertz CT molecular complexity index is 976. The summed E-state index contributed by atoms with van der Waals surface area (Å²) in [5.74, 6) is 0. The quantitative estimate of drug-likeness (QED) is 0.263. The van der Waals surface area contributed by atoms with Gasteiger partial charge in [-0.25, -0.2) is 13.1 Å². The number of fused-ring (bicyclic) bond motifs is 1. The van der Waals surface area contributed by atoms with Crippen molar-refractivity contribution in [3.63, 3.8) is 0 Å². The summed E-state index contributed by atoms with van der Waals surface area (Å²) in [6.07, 6.45) is 0. The molecule has 3 N–H and O–H groups in total. The van der Waals surface area contributed by atoms with E-state index in [0.29, 0.717) is 0 Å². The van der Waals surface area contributed by atoms with Crippen molar-refractivity contribution in [3.05, 3.63) is 43.0 Å². The molecule has 11 nitrogen and oxygen atoms in total. The van der Waals surface area contributed by atoms with Crippen LogP contribution in [0, 0.1) is 10.1 Å². The molecule has 0 unspecified atom stereocenters. The number of methoxy groups -OCH3 is 1. The largest absolute Gasteiger partial charge is 0.383 e. The molecule has 0 saturated carbocycles. The number of aromatic nitrogens is 2. The van der Waals surface area contributed by atoms with E-state index in [2.05, 4.69) is 14.7 Å². The average molecular weight is 344 g/mol. The summed E-state index contributed by atoms with van der Waals surface area (Å²) >= 11 is 0. The second kappa shape index (κ2) is 6.28. The topological polar surface area (TPSA) is 164 Å². The predicted molar refractivity (Wildman–Crippen MR) is 78.9 cm³/mol. The van der Waals surface area contributed by atoms with Crippen LogP contribution in [0.15, 0.2) is 26.6 Å². The van der Waals surface area contributed by atoms with Crippen molar-refractivity contribution in [2.24, 2.45) is 0 Å². The van der Waals surface area contributed by atoms with Crippen LogP contribution in [0.5, 0.6) is 0 Å². The third kappa shape index (κ3) is 3.44. The van der Waals surface area contributed by atoms with Crippen LogP contribution in [0.4, 0.5) is 5.69 Å². The Hall–Kier alpha value is -2.57. The van der Waals surface area contributed by atoms with Crippen molar-refractivity contribution in [2.45, 2.75) is 4.90 Å². The molecule has 124 valence electrons. The summed E-state index contributed by atoms with van der Waals surface area (Å²) in [6, 6.07) is 1.79. The molecule has 0 bridgehead atoms. The SMILES string of the molecule is COCCNS(=O)(=O)c1cc2[nH]c(=O)c(=O)[nH]c2cc1[N+](=O)[O-]. The van der Waals surface area contributed by atoms with E-state index < -0.39 is 36.6 Å². The van der Waals surface area contributed by atoms with Crippen molar-refractivity contribution in [2.75, 3.05) is 20.3 Å². The number of nitro benzene ring substituents is 1. The molecular weight excluding hydrogens is 332 g/mol. The molecular formula is C11H12N4O7S. The van der Waals surface area contributed by atoms with Gasteiger partial charge in [0.2, 0.25) is 10.0 Å². The first-order valence-corrected chi connectivity index (χ1v) is 7.68. The number of nitro groups is 1. The van der Waals surface area contributed by atoms with Crippen molar-refractivity contribution in [1.82, 2.24) is 14.7 Å². The third-order valence-corrected chi connectivity index (χ3v) is 4.38. The second-order valence-electron chi connectivity index (χ2n) is 4.42. The van der Waals surface area contributed by atoms with E-state index >= 15 is 0 Å². The van der Waals surface area contributed by atoms with E-state index in [1.54, 1.807) is 0 Å². The first-order valence-electron chi connectivity index (χ1n) is 6.19. The second-order valence-corrected chi connectivity index (χ2v) is 6.16. The molecule has 0 amide bonds. The Morgan fingerprint density at radius 1 is 1.22 bits per heavy atom. The Morgan fingerprint density at radius 2 is 1.78 bits per heavy atom. The van der Waals surface area contributed by atoms with Crippen LogP contribution in [0.1, 0.15) is 0 Å². The summed E-state index contributed by atoms with van der Waals surface area (Å²) in [7, 11) is -2.84. The molecule has 0 aliphatic carbocycles. The van der Waals surface area contributed by atoms with E-state index in [1.165, 1.54) is 7.11 Å². The number of nitrogens with zero attached hydrogens (tertiary/aromatic N) is 1. The molecule has 1 heterocycles. The molecule has 0 atom stereocenters. The lowest BCUT2D eigenvalue weighted by molar-refractivity contribution is -0.387. The zero-order valence-corrected chi connectivity index (χ0v) is 12.6. The van der Waals surface area contributed by atoms with Gasteiger partial charge in [-0.05, 0) is 6.07 Å². The molecule has 1 aromatic heterocycles. The maximum absolute atomic E-state index is 12.2. The van der Waals surface area contributed by atoms with Gasteiger partial charge >= 0.3 is 11.1 Å². The molecule has 0 aliphatic heterocycles. The van der Waals surface area contributed by atoms with Gasteiger partial charge in [0.1, 0.15) is 0 Å². The minimum Gasteiger partial charge on any atom is -0.383 e. The van der Waals surface area contributed by atoms with E-state index in [4.69, 9.17) is 4.74 Å². The molecule has 2 rings (SSSR count). The number of ether oxygens (including phenoxy) is 1. The first-order chi connectivity index (χ1) is 10.8. The standard InChI is InChI=1S/C11H12N4O7S/c1-22-3-2-12-23(20,21)9-5-7-6(4-8(9)15(18)19)13-10(16)11(17)14-7/h4-5,12H,2-3H2,1H3,(H,13,16)(H,14,17). The van der Waals surface area contributed by atoms with Gasteiger partial charge in [-0.3, -0.25) is 19.7 Å². The van der Waals surface area contributed by atoms with Gasteiger partial charge in [0.15, 0.2) is 4.90 Å². The van der Waals surface area contributed by atoms with Crippen molar-refractivity contribution >= 4 is 26.7 Å². The fourth-order valence-corrected chi connectivity index (χ4v) is 3.04.